The Hall–Kier alpha value is -1.97. The molecule has 132 valence electrons. The first-order valence-electron chi connectivity index (χ1n) is 7.49. The Kier molecular flexibility index (Phi) is 5.92. The van der Waals surface area contributed by atoms with Gasteiger partial charge in [0.15, 0.2) is 0 Å². The van der Waals surface area contributed by atoms with Gasteiger partial charge in [-0.2, -0.15) is 4.31 Å². The van der Waals surface area contributed by atoms with Crippen molar-refractivity contribution in [1.29, 1.82) is 0 Å². The van der Waals surface area contributed by atoms with Crippen LogP contribution in [-0.2, 0) is 30.8 Å². The van der Waals surface area contributed by atoms with E-state index in [9.17, 15) is 18.0 Å². The molecule has 1 aromatic rings. The highest BCUT2D eigenvalue weighted by Crippen LogP contribution is 2.26. The minimum atomic E-state index is -3.78. The number of amides is 2. The van der Waals surface area contributed by atoms with Crippen LogP contribution in [0.5, 0.6) is 0 Å². The van der Waals surface area contributed by atoms with E-state index < -0.39 is 15.9 Å². The lowest BCUT2D eigenvalue weighted by molar-refractivity contribution is -0.121. The van der Waals surface area contributed by atoms with Crippen molar-refractivity contribution in [1.82, 2.24) is 9.62 Å². The SMILES string of the molecule is COCCNC(=O)CN(C)S(=O)(=O)c1ccc2c(c1)CCC(=O)N2. The number of nitrogens with zero attached hydrogens (tertiary/aromatic N) is 1. The Bertz CT molecular complexity index is 733. The Labute approximate surface area is 141 Å². The maximum atomic E-state index is 12.6. The van der Waals surface area contributed by atoms with Gasteiger partial charge in [-0.15, -0.1) is 0 Å². The number of nitrogens with one attached hydrogen (secondary N) is 2. The molecule has 0 aromatic heterocycles. The molecule has 0 spiro atoms. The van der Waals surface area contributed by atoms with Crippen molar-refractivity contribution < 1.29 is 22.7 Å². The summed E-state index contributed by atoms with van der Waals surface area (Å²) in [6.07, 6.45) is 0.819. The fraction of sp³-hybridized carbons (Fsp3) is 0.467. The van der Waals surface area contributed by atoms with Crippen LogP contribution < -0.4 is 10.6 Å². The van der Waals surface area contributed by atoms with Crippen molar-refractivity contribution >= 4 is 27.5 Å². The normalized spacial score (nSPS) is 14.2. The zero-order valence-electron chi connectivity index (χ0n) is 13.7. The number of aryl methyl sites for hydroxylation is 1. The number of carbonyl (C=O) groups excluding carboxylic acids is 2. The van der Waals surface area contributed by atoms with Gasteiger partial charge in [-0.05, 0) is 30.2 Å². The maximum absolute atomic E-state index is 12.6. The van der Waals surface area contributed by atoms with E-state index in [1.807, 2.05) is 0 Å². The monoisotopic (exact) mass is 355 g/mol. The molecule has 0 unspecified atom stereocenters. The molecule has 0 atom stereocenters. The van der Waals surface area contributed by atoms with Gasteiger partial charge < -0.3 is 15.4 Å². The molecule has 0 aliphatic carbocycles. The molecule has 0 saturated carbocycles. The van der Waals surface area contributed by atoms with Gasteiger partial charge in [0, 0.05) is 32.8 Å². The van der Waals surface area contributed by atoms with Gasteiger partial charge in [0.2, 0.25) is 21.8 Å². The van der Waals surface area contributed by atoms with E-state index in [4.69, 9.17) is 4.74 Å². The lowest BCUT2D eigenvalue weighted by atomic mass is 10.0. The number of fused-ring (bicyclic) bond motifs is 1. The first-order valence-corrected chi connectivity index (χ1v) is 8.93. The minimum absolute atomic E-state index is 0.0806. The van der Waals surface area contributed by atoms with Crippen molar-refractivity contribution in [3.05, 3.63) is 23.8 Å². The van der Waals surface area contributed by atoms with E-state index in [2.05, 4.69) is 10.6 Å². The molecule has 0 bridgehead atoms. The summed E-state index contributed by atoms with van der Waals surface area (Å²) in [7, 11) is -0.914. The predicted octanol–water partition coefficient (Wildman–Crippen LogP) is -0.0456. The zero-order chi connectivity index (χ0) is 17.7. The molecule has 2 N–H and O–H groups in total. The molecule has 1 aliphatic rings. The first kappa shape index (κ1) is 18.4. The number of rotatable bonds is 7. The van der Waals surface area contributed by atoms with Crippen molar-refractivity contribution in [2.75, 3.05) is 39.2 Å². The van der Waals surface area contributed by atoms with Gasteiger partial charge in [0.05, 0.1) is 18.0 Å². The zero-order valence-corrected chi connectivity index (χ0v) is 14.5. The number of anilines is 1. The summed E-state index contributed by atoms with van der Waals surface area (Å²) in [6.45, 7) is 0.403. The first-order chi connectivity index (χ1) is 11.3. The summed E-state index contributed by atoms with van der Waals surface area (Å²) in [5.74, 6) is -0.480. The van der Waals surface area contributed by atoms with E-state index in [0.29, 0.717) is 31.7 Å². The summed E-state index contributed by atoms with van der Waals surface area (Å²) in [5, 5.41) is 5.28. The van der Waals surface area contributed by atoms with Gasteiger partial charge in [0.1, 0.15) is 0 Å². The largest absolute Gasteiger partial charge is 0.383 e. The summed E-state index contributed by atoms with van der Waals surface area (Å²) < 4.78 is 31.0. The van der Waals surface area contributed by atoms with Crippen LogP contribution in [0.3, 0.4) is 0 Å². The topological polar surface area (TPSA) is 105 Å². The summed E-state index contributed by atoms with van der Waals surface area (Å²) >= 11 is 0. The number of benzene rings is 1. The maximum Gasteiger partial charge on any atom is 0.243 e. The van der Waals surface area contributed by atoms with Gasteiger partial charge in [-0.3, -0.25) is 9.59 Å². The molecule has 2 rings (SSSR count). The summed E-state index contributed by atoms with van der Waals surface area (Å²) in [4.78, 5) is 23.2. The Morgan fingerprint density at radius 3 is 2.83 bits per heavy atom. The molecular weight excluding hydrogens is 334 g/mol. The van der Waals surface area contributed by atoms with Crippen LogP contribution in [0.15, 0.2) is 23.1 Å². The highest BCUT2D eigenvalue weighted by Gasteiger charge is 2.25. The van der Waals surface area contributed by atoms with Gasteiger partial charge in [-0.1, -0.05) is 0 Å². The van der Waals surface area contributed by atoms with Crippen LogP contribution in [0.1, 0.15) is 12.0 Å². The molecule has 8 nitrogen and oxygen atoms in total. The van der Waals surface area contributed by atoms with Crippen LogP contribution in [0.2, 0.25) is 0 Å². The number of hydrogen-bond acceptors (Lipinski definition) is 5. The standard InChI is InChI=1S/C15H21N3O5S/c1-18(10-15(20)16-7-8-23-2)24(21,22)12-4-5-13-11(9-12)3-6-14(19)17-13/h4-5,9H,3,6-8,10H2,1-2H3,(H,16,20)(H,17,19). The molecule has 0 fully saturated rings. The number of sulfonamides is 1. The second-order valence-corrected chi connectivity index (χ2v) is 7.52. The molecule has 24 heavy (non-hydrogen) atoms. The minimum Gasteiger partial charge on any atom is -0.383 e. The Morgan fingerprint density at radius 2 is 2.12 bits per heavy atom. The molecule has 0 radical (unpaired) electrons. The molecule has 9 heteroatoms. The van der Waals surface area contributed by atoms with Crippen LogP contribution >= 0.6 is 0 Å². The summed E-state index contributed by atoms with van der Waals surface area (Å²) in [5.41, 5.74) is 1.40. The molecule has 1 aromatic carbocycles. The highest BCUT2D eigenvalue weighted by atomic mass is 32.2. The van der Waals surface area contributed by atoms with Crippen LogP contribution in [0.25, 0.3) is 0 Å². The summed E-state index contributed by atoms with van der Waals surface area (Å²) in [6, 6.07) is 4.55. The van der Waals surface area contributed by atoms with E-state index in [1.54, 1.807) is 12.1 Å². The number of ether oxygens (including phenoxy) is 1. The number of methoxy groups -OCH3 is 1. The van der Waals surface area contributed by atoms with Gasteiger partial charge in [0.25, 0.3) is 0 Å². The third-order valence-corrected chi connectivity index (χ3v) is 5.47. The Morgan fingerprint density at radius 1 is 1.38 bits per heavy atom. The van der Waals surface area contributed by atoms with Crippen LogP contribution in [-0.4, -0.2) is 58.4 Å². The molecule has 2 amide bonds. The quantitative estimate of drug-likeness (QED) is 0.668. The van der Waals surface area contributed by atoms with Gasteiger partial charge >= 0.3 is 0 Å². The third-order valence-electron chi connectivity index (χ3n) is 3.67. The fourth-order valence-electron chi connectivity index (χ4n) is 2.34. The van der Waals surface area contributed by atoms with Crippen LogP contribution in [0, 0.1) is 0 Å². The smallest absolute Gasteiger partial charge is 0.243 e. The van der Waals surface area contributed by atoms with Crippen LogP contribution in [0.4, 0.5) is 5.69 Å². The fourth-order valence-corrected chi connectivity index (χ4v) is 3.51. The molecule has 0 saturated heterocycles. The average Bonchev–Trinajstić information content (AvgIpc) is 2.54. The predicted molar refractivity (Wildman–Crippen MR) is 88.1 cm³/mol. The van der Waals surface area contributed by atoms with Gasteiger partial charge in [-0.25, -0.2) is 8.42 Å². The average molecular weight is 355 g/mol. The third kappa shape index (κ3) is 4.31. The lowest BCUT2D eigenvalue weighted by Gasteiger charge is -2.20. The molecule has 1 aliphatic heterocycles. The van der Waals surface area contributed by atoms with E-state index in [1.165, 1.54) is 20.2 Å². The highest BCUT2D eigenvalue weighted by molar-refractivity contribution is 7.89. The lowest BCUT2D eigenvalue weighted by Crippen LogP contribution is -2.39. The number of likely N-dealkylation sites (N-methyl/N-ethyl adjacent to an activating group) is 1. The Balaban J connectivity index is 2.09. The van der Waals surface area contributed by atoms with E-state index in [-0.39, 0.29) is 17.3 Å². The van der Waals surface area contributed by atoms with Crippen molar-refractivity contribution in [3.8, 4) is 0 Å². The van der Waals surface area contributed by atoms with Crippen molar-refractivity contribution in [2.24, 2.45) is 0 Å². The second-order valence-electron chi connectivity index (χ2n) is 5.47. The number of carbonyl (C=O) groups is 2. The van der Waals surface area contributed by atoms with Crippen molar-refractivity contribution in [2.45, 2.75) is 17.7 Å². The second kappa shape index (κ2) is 7.73. The van der Waals surface area contributed by atoms with E-state index >= 15 is 0 Å². The van der Waals surface area contributed by atoms with E-state index in [0.717, 1.165) is 9.87 Å². The molecule has 1 heterocycles. The molecular formula is C15H21N3O5S. The number of hydrogen-bond donors (Lipinski definition) is 2. The van der Waals surface area contributed by atoms with Crippen molar-refractivity contribution in [3.63, 3.8) is 0 Å².